The number of sulfonamides is 1. The normalized spacial score (nSPS) is 16.4. The molecule has 0 aromatic heterocycles. The zero-order chi connectivity index (χ0) is 25.4. The smallest absolute Gasteiger partial charge is 0.320 e. The maximum absolute atomic E-state index is 13.3. The lowest BCUT2D eigenvalue weighted by atomic mass is 9.88. The number of ether oxygens (including phenoxy) is 1. The number of carboxylic acids is 1. The van der Waals surface area contributed by atoms with Crippen LogP contribution in [0.1, 0.15) is 48.1 Å². The van der Waals surface area contributed by atoms with E-state index >= 15 is 0 Å². The number of hydrogen-bond donors (Lipinski definition) is 4. The zero-order valence-corrected chi connectivity index (χ0v) is 20.9. The van der Waals surface area contributed by atoms with Crippen LogP contribution in [0.25, 0.3) is 0 Å². The van der Waals surface area contributed by atoms with Crippen molar-refractivity contribution in [2.24, 2.45) is 15.9 Å². The summed E-state index contributed by atoms with van der Waals surface area (Å²) in [6.07, 6.45) is 1.67. The summed E-state index contributed by atoms with van der Waals surface area (Å²) in [5.74, 6) is -0.605. The molecule has 1 aliphatic rings. The Bertz CT molecular complexity index is 1250. The molecule has 10 heteroatoms. The van der Waals surface area contributed by atoms with Gasteiger partial charge in [0.2, 0.25) is 5.96 Å². The summed E-state index contributed by atoms with van der Waals surface area (Å²) in [4.78, 5) is 11.1. The molecule has 0 spiro atoms. The molecule has 1 aliphatic heterocycles. The van der Waals surface area contributed by atoms with E-state index < -0.39 is 22.0 Å². The first kappa shape index (κ1) is 25.5. The van der Waals surface area contributed by atoms with Crippen molar-refractivity contribution in [3.63, 3.8) is 0 Å². The van der Waals surface area contributed by atoms with Crippen molar-refractivity contribution in [1.82, 2.24) is 0 Å². The Kier molecular flexibility index (Phi) is 6.95. The molecule has 3 rings (SSSR count). The Labute approximate surface area is 200 Å². The summed E-state index contributed by atoms with van der Waals surface area (Å²) >= 11 is 0. The maximum atomic E-state index is 13.3. The van der Waals surface area contributed by atoms with E-state index in [4.69, 9.17) is 21.3 Å². The summed E-state index contributed by atoms with van der Waals surface area (Å²) < 4.78 is 36.5. The van der Waals surface area contributed by atoms with Gasteiger partial charge >= 0.3 is 5.97 Å². The molecule has 1 heterocycles. The molecular weight excluding hydrogens is 456 g/mol. The quantitative estimate of drug-likeness (QED) is 0.357. The Morgan fingerprint density at radius 3 is 2.38 bits per heavy atom. The molecule has 0 saturated heterocycles. The standard InChI is InChI=1S/C24H32N4O5S/c1-13-14(2)21(15(3)18-10-11-24(4,5)33-20(13)18)34(31,32)28-23(26)27-17-8-6-16(7-9-17)12-19(25)22(29)30/h6-9,19H,10-12,25H2,1-5H3,(H,29,30)(H3,26,27,28)/t19-/m0/s1. The number of nitrogens with one attached hydrogen (secondary N) is 1. The molecule has 0 aliphatic carbocycles. The zero-order valence-electron chi connectivity index (χ0n) is 20.1. The first-order chi connectivity index (χ1) is 15.7. The second kappa shape index (κ2) is 9.27. The van der Waals surface area contributed by atoms with Crippen LogP contribution in [0, 0.1) is 20.8 Å². The predicted octanol–water partition coefficient (Wildman–Crippen LogP) is 2.79. The van der Waals surface area contributed by atoms with Crippen molar-refractivity contribution in [2.45, 2.75) is 70.4 Å². The first-order valence-electron chi connectivity index (χ1n) is 11.0. The number of anilines is 1. The van der Waals surface area contributed by atoms with E-state index in [9.17, 15) is 13.2 Å². The minimum Gasteiger partial charge on any atom is -0.487 e. The molecule has 34 heavy (non-hydrogen) atoms. The van der Waals surface area contributed by atoms with Gasteiger partial charge in [-0.3, -0.25) is 4.79 Å². The third-order valence-corrected chi connectivity index (χ3v) is 7.71. The minimum absolute atomic E-state index is 0.148. The molecule has 0 amide bonds. The predicted molar refractivity (Wildman–Crippen MR) is 132 cm³/mol. The van der Waals surface area contributed by atoms with Crippen LogP contribution in [-0.2, 0) is 27.7 Å². The van der Waals surface area contributed by atoms with Gasteiger partial charge in [0.15, 0.2) is 0 Å². The molecule has 0 radical (unpaired) electrons. The summed E-state index contributed by atoms with van der Waals surface area (Å²) in [6.45, 7) is 9.43. The summed E-state index contributed by atoms with van der Waals surface area (Å²) in [7, 11) is -4.10. The maximum Gasteiger partial charge on any atom is 0.320 e. The van der Waals surface area contributed by atoms with Crippen molar-refractivity contribution in [2.75, 3.05) is 5.32 Å². The van der Waals surface area contributed by atoms with Crippen LogP contribution >= 0.6 is 0 Å². The number of aliphatic carboxylic acids is 1. The topological polar surface area (TPSA) is 157 Å². The fourth-order valence-corrected chi connectivity index (χ4v) is 5.59. The second-order valence-electron chi connectivity index (χ2n) is 9.30. The largest absolute Gasteiger partial charge is 0.487 e. The molecule has 0 bridgehead atoms. The van der Waals surface area contributed by atoms with Gasteiger partial charge in [-0.2, -0.15) is 8.42 Å². The van der Waals surface area contributed by atoms with E-state index in [-0.39, 0.29) is 22.9 Å². The summed E-state index contributed by atoms with van der Waals surface area (Å²) in [5.41, 5.74) is 15.3. The van der Waals surface area contributed by atoms with Crippen LogP contribution in [0.4, 0.5) is 5.69 Å². The van der Waals surface area contributed by atoms with E-state index in [2.05, 4.69) is 9.71 Å². The molecule has 2 aromatic rings. The van der Waals surface area contributed by atoms with E-state index in [0.29, 0.717) is 23.2 Å². The van der Waals surface area contributed by atoms with Gasteiger partial charge in [0, 0.05) is 5.69 Å². The fraction of sp³-hybridized carbons (Fsp3) is 0.417. The minimum atomic E-state index is -4.10. The summed E-state index contributed by atoms with van der Waals surface area (Å²) in [5, 5.41) is 11.7. The fourth-order valence-electron chi connectivity index (χ4n) is 4.15. The number of fused-ring (bicyclic) bond motifs is 1. The van der Waals surface area contributed by atoms with Gasteiger partial charge < -0.3 is 26.6 Å². The second-order valence-corrected chi connectivity index (χ2v) is 10.8. The molecule has 184 valence electrons. The molecule has 9 nitrogen and oxygen atoms in total. The van der Waals surface area contributed by atoms with E-state index in [1.165, 1.54) is 0 Å². The van der Waals surface area contributed by atoms with Crippen molar-refractivity contribution < 1.29 is 23.1 Å². The molecule has 2 aromatic carbocycles. The average Bonchev–Trinajstić information content (AvgIpc) is 2.72. The number of carbonyl (C=O) groups is 1. The van der Waals surface area contributed by atoms with Gasteiger partial charge in [0.25, 0.3) is 10.0 Å². The monoisotopic (exact) mass is 488 g/mol. The molecule has 0 unspecified atom stereocenters. The Balaban J connectivity index is 1.87. The molecule has 0 fully saturated rings. The van der Waals surface area contributed by atoms with Gasteiger partial charge in [0.05, 0.1) is 4.90 Å². The number of guanidine groups is 1. The van der Waals surface area contributed by atoms with Gasteiger partial charge in [-0.1, -0.05) is 12.1 Å². The Morgan fingerprint density at radius 2 is 1.79 bits per heavy atom. The number of carboxylic acid groups (broad SMARTS) is 1. The van der Waals surface area contributed by atoms with Crippen LogP contribution in [0.5, 0.6) is 5.75 Å². The third kappa shape index (κ3) is 5.34. The van der Waals surface area contributed by atoms with Crippen molar-refractivity contribution in [1.29, 1.82) is 0 Å². The number of nitrogens with two attached hydrogens (primary N) is 2. The molecule has 1 atom stereocenters. The van der Waals surface area contributed by atoms with E-state index in [0.717, 1.165) is 28.9 Å². The Hall–Kier alpha value is -3.11. The number of rotatable bonds is 6. The summed E-state index contributed by atoms with van der Waals surface area (Å²) in [6, 6.07) is 5.68. The van der Waals surface area contributed by atoms with Crippen molar-refractivity contribution in [3.8, 4) is 5.75 Å². The van der Waals surface area contributed by atoms with E-state index in [1.807, 2.05) is 20.8 Å². The lowest BCUT2D eigenvalue weighted by molar-refractivity contribution is -0.138. The molecule has 0 saturated carbocycles. The van der Waals surface area contributed by atoms with Crippen LogP contribution in [0.3, 0.4) is 0 Å². The van der Waals surface area contributed by atoms with E-state index in [1.54, 1.807) is 38.1 Å². The van der Waals surface area contributed by atoms with Crippen LogP contribution in [-0.4, -0.2) is 37.1 Å². The van der Waals surface area contributed by atoms with Gasteiger partial charge in [-0.15, -0.1) is 4.40 Å². The highest BCUT2D eigenvalue weighted by atomic mass is 32.2. The number of hydrogen-bond acceptors (Lipinski definition) is 5. The molecule has 6 N–H and O–H groups in total. The number of benzene rings is 2. The lowest BCUT2D eigenvalue weighted by Gasteiger charge is -2.35. The molecular formula is C24H32N4O5S. The first-order valence-corrected chi connectivity index (χ1v) is 12.4. The highest BCUT2D eigenvalue weighted by Gasteiger charge is 2.33. The van der Waals surface area contributed by atoms with Crippen molar-refractivity contribution >= 4 is 27.6 Å². The van der Waals surface area contributed by atoms with Crippen LogP contribution in [0.2, 0.25) is 0 Å². The third-order valence-electron chi connectivity index (χ3n) is 6.14. The lowest BCUT2D eigenvalue weighted by Crippen LogP contribution is -2.34. The highest BCUT2D eigenvalue weighted by molar-refractivity contribution is 7.90. The van der Waals surface area contributed by atoms with Gasteiger partial charge in [-0.05, 0) is 93.8 Å². The Morgan fingerprint density at radius 1 is 1.18 bits per heavy atom. The van der Waals surface area contributed by atoms with Crippen LogP contribution < -0.4 is 21.5 Å². The van der Waals surface area contributed by atoms with Crippen LogP contribution in [0.15, 0.2) is 33.6 Å². The van der Waals surface area contributed by atoms with Crippen molar-refractivity contribution in [3.05, 3.63) is 52.1 Å². The SMILES string of the molecule is Cc1c(C)c(S(=O)(=O)/N=C(/N)Nc2ccc(C[C@H](N)C(=O)O)cc2)c(C)c2c1OC(C)(C)CC2. The highest BCUT2D eigenvalue weighted by Crippen LogP contribution is 2.42. The van der Waals surface area contributed by atoms with Gasteiger partial charge in [-0.25, -0.2) is 0 Å². The van der Waals surface area contributed by atoms with Gasteiger partial charge in [0.1, 0.15) is 17.4 Å². The average molecular weight is 489 g/mol. The number of nitrogens with zero attached hydrogens (tertiary/aromatic N) is 1.